The molecule has 40 heavy (non-hydrogen) atoms. The fraction of sp³-hybridized carbons (Fsp3) is 0.400. The number of nitrogens with one attached hydrogen (secondary N) is 2. The number of nitrogens with zero attached hydrogens (tertiary/aromatic N) is 2. The lowest BCUT2D eigenvalue weighted by molar-refractivity contribution is -0.129. The second-order valence-corrected chi connectivity index (χ2v) is 10.8. The smallest absolute Gasteiger partial charge is 0.410 e. The monoisotopic (exact) mass is 548 g/mol. The average molecular weight is 549 g/mol. The van der Waals surface area contributed by atoms with Crippen LogP contribution < -0.4 is 15.5 Å². The van der Waals surface area contributed by atoms with Crippen molar-refractivity contribution in [2.45, 2.75) is 57.9 Å². The molecule has 2 aliphatic rings. The van der Waals surface area contributed by atoms with Gasteiger partial charge in [-0.25, -0.2) is 9.59 Å². The molecule has 0 aliphatic carbocycles. The second-order valence-electron chi connectivity index (χ2n) is 10.8. The SMILES string of the molecule is CC(C)(C)OC(=O)N1CC(=O)N2c3cccc(c3)[C@@H](NC(=O)OCc3ccccc3)C/C=C/CCNC(=O)[C@@H]2C1. The van der Waals surface area contributed by atoms with Gasteiger partial charge in [0, 0.05) is 12.2 Å². The van der Waals surface area contributed by atoms with Crippen LogP contribution in [-0.2, 0) is 25.7 Å². The molecule has 2 N–H and O–H groups in total. The van der Waals surface area contributed by atoms with Gasteiger partial charge in [-0.15, -0.1) is 0 Å². The van der Waals surface area contributed by atoms with Crippen LogP contribution in [0.4, 0.5) is 15.3 Å². The summed E-state index contributed by atoms with van der Waals surface area (Å²) >= 11 is 0. The number of anilines is 1. The van der Waals surface area contributed by atoms with Gasteiger partial charge in [-0.1, -0.05) is 54.6 Å². The van der Waals surface area contributed by atoms with Gasteiger partial charge in [0.25, 0.3) is 0 Å². The zero-order valence-corrected chi connectivity index (χ0v) is 23.1. The van der Waals surface area contributed by atoms with Gasteiger partial charge in [0.1, 0.15) is 24.8 Å². The molecule has 0 aromatic heterocycles. The second kappa shape index (κ2) is 12.7. The van der Waals surface area contributed by atoms with Crippen molar-refractivity contribution in [3.05, 3.63) is 77.9 Å². The van der Waals surface area contributed by atoms with E-state index in [4.69, 9.17) is 9.47 Å². The minimum absolute atomic E-state index is 0.0138. The zero-order chi connectivity index (χ0) is 28.7. The third-order valence-electron chi connectivity index (χ3n) is 6.46. The first-order chi connectivity index (χ1) is 19.1. The summed E-state index contributed by atoms with van der Waals surface area (Å²) in [6.45, 7) is 5.49. The molecule has 10 nitrogen and oxygen atoms in total. The molecule has 212 valence electrons. The average Bonchev–Trinajstić information content (AvgIpc) is 2.92. The Balaban J connectivity index is 1.58. The number of rotatable bonds is 3. The van der Waals surface area contributed by atoms with Crippen molar-refractivity contribution in [3.8, 4) is 0 Å². The molecule has 1 saturated heterocycles. The highest BCUT2D eigenvalue weighted by molar-refractivity contribution is 6.04. The molecule has 2 heterocycles. The summed E-state index contributed by atoms with van der Waals surface area (Å²) in [6, 6.07) is 15.2. The summed E-state index contributed by atoms with van der Waals surface area (Å²) in [5.74, 6) is -0.770. The van der Waals surface area contributed by atoms with E-state index in [1.807, 2.05) is 48.6 Å². The number of carbonyl (C=O) groups excluding carboxylic acids is 4. The topological polar surface area (TPSA) is 117 Å². The lowest BCUT2D eigenvalue weighted by Gasteiger charge is -2.40. The minimum atomic E-state index is -0.948. The van der Waals surface area contributed by atoms with Crippen LogP contribution in [0.5, 0.6) is 0 Å². The van der Waals surface area contributed by atoms with Crippen molar-refractivity contribution in [3.63, 3.8) is 0 Å². The first-order valence-corrected chi connectivity index (χ1v) is 13.4. The zero-order valence-electron chi connectivity index (χ0n) is 23.1. The van der Waals surface area contributed by atoms with Crippen LogP contribution in [0.2, 0.25) is 0 Å². The van der Waals surface area contributed by atoms with Crippen LogP contribution in [0.25, 0.3) is 0 Å². The molecule has 2 aromatic rings. The van der Waals surface area contributed by atoms with Crippen molar-refractivity contribution < 1.29 is 28.7 Å². The Morgan fingerprint density at radius 1 is 1.05 bits per heavy atom. The number of amides is 4. The maximum absolute atomic E-state index is 13.4. The number of fused-ring (bicyclic) bond motifs is 4. The summed E-state index contributed by atoms with van der Waals surface area (Å²) < 4.78 is 10.9. The summed E-state index contributed by atoms with van der Waals surface area (Å²) in [6.07, 6.45) is 3.72. The fourth-order valence-corrected chi connectivity index (χ4v) is 4.58. The molecule has 2 aromatic carbocycles. The summed E-state index contributed by atoms with van der Waals surface area (Å²) in [7, 11) is 0. The molecule has 0 radical (unpaired) electrons. The van der Waals surface area contributed by atoms with Crippen molar-refractivity contribution in [2.75, 3.05) is 24.5 Å². The third kappa shape index (κ3) is 7.62. The summed E-state index contributed by atoms with van der Waals surface area (Å²) in [4.78, 5) is 54.8. The lowest BCUT2D eigenvalue weighted by atomic mass is 10.0. The molecular formula is C30H36N4O6. The standard InChI is InChI=1S/C30H36N4O6/c1-30(2,3)40-29(38)33-18-25-27(36)31-16-9-5-8-15-24(32-28(37)39-20-21-11-6-4-7-12-21)22-13-10-14-23(17-22)34(25)26(35)19-33/h4-8,10-14,17,24-25H,9,15-16,18-20H2,1-3H3,(H,31,36)(H,32,37)/b8-5+/t24-,25-/m0/s1. The van der Waals surface area contributed by atoms with E-state index in [1.54, 1.807) is 39.0 Å². The molecule has 4 rings (SSSR count). The molecule has 1 fully saturated rings. The van der Waals surface area contributed by atoms with Gasteiger partial charge >= 0.3 is 12.2 Å². The van der Waals surface area contributed by atoms with E-state index in [-0.39, 0.29) is 25.6 Å². The predicted molar refractivity (Wildman–Crippen MR) is 149 cm³/mol. The quantitative estimate of drug-likeness (QED) is 0.559. The maximum Gasteiger partial charge on any atom is 0.410 e. The molecule has 0 spiro atoms. The van der Waals surface area contributed by atoms with Crippen LogP contribution >= 0.6 is 0 Å². The Bertz CT molecular complexity index is 1260. The molecule has 2 atom stereocenters. The third-order valence-corrected chi connectivity index (χ3v) is 6.46. The highest BCUT2D eigenvalue weighted by Crippen LogP contribution is 2.28. The van der Waals surface area contributed by atoms with Crippen molar-refractivity contribution in [1.29, 1.82) is 0 Å². The molecule has 0 saturated carbocycles. The highest BCUT2D eigenvalue weighted by atomic mass is 16.6. The Morgan fingerprint density at radius 2 is 1.82 bits per heavy atom. The van der Waals surface area contributed by atoms with Gasteiger partial charge in [0.2, 0.25) is 11.8 Å². The molecule has 2 aliphatic heterocycles. The van der Waals surface area contributed by atoms with Gasteiger partial charge in [0.05, 0.1) is 12.6 Å². The Morgan fingerprint density at radius 3 is 2.58 bits per heavy atom. The Hall–Kier alpha value is -4.34. The number of piperazine rings is 1. The number of carbonyl (C=O) groups is 4. The van der Waals surface area contributed by atoms with E-state index in [0.29, 0.717) is 25.1 Å². The van der Waals surface area contributed by atoms with Gasteiger partial charge in [-0.2, -0.15) is 0 Å². The van der Waals surface area contributed by atoms with Crippen molar-refractivity contribution >= 4 is 29.7 Å². The minimum Gasteiger partial charge on any atom is -0.445 e. The van der Waals surface area contributed by atoms with Crippen LogP contribution in [0, 0.1) is 0 Å². The molecule has 2 bridgehead atoms. The maximum atomic E-state index is 13.4. The van der Waals surface area contributed by atoms with Crippen molar-refractivity contribution in [1.82, 2.24) is 15.5 Å². The summed E-state index contributed by atoms with van der Waals surface area (Å²) in [5, 5.41) is 5.81. The highest BCUT2D eigenvalue weighted by Gasteiger charge is 2.41. The van der Waals surface area contributed by atoms with Gasteiger partial charge in [-0.05, 0) is 56.9 Å². The van der Waals surface area contributed by atoms with E-state index in [1.165, 1.54) is 9.80 Å². The first-order valence-electron chi connectivity index (χ1n) is 13.4. The molecule has 0 unspecified atom stereocenters. The van der Waals surface area contributed by atoms with E-state index >= 15 is 0 Å². The normalized spacial score (nSPS) is 20.6. The largest absolute Gasteiger partial charge is 0.445 e. The Kier molecular flexibility index (Phi) is 9.08. The van der Waals surface area contributed by atoms with E-state index in [9.17, 15) is 19.2 Å². The van der Waals surface area contributed by atoms with Crippen LogP contribution in [0.15, 0.2) is 66.7 Å². The van der Waals surface area contributed by atoms with Crippen molar-refractivity contribution in [2.24, 2.45) is 0 Å². The van der Waals surface area contributed by atoms with E-state index in [2.05, 4.69) is 10.6 Å². The van der Waals surface area contributed by atoms with Crippen LogP contribution in [-0.4, -0.2) is 60.2 Å². The molecule has 10 heteroatoms. The summed E-state index contributed by atoms with van der Waals surface area (Å²) in [5.41, 5.74) is 1.38. The van der Waals surface area contributed by atoms with E-state index < -0.39 is 35.8 Å². The number of hydrogen-bond acceptors (Lipinski definition) is 6. The predicted octanol–water partition coefficient (Wildman–Crippen LogP) is 4.07. The van der Waals surface area contributed by atoms with Crippen LogP contribution in [0.1, 0.15) is 50.8 Å². The Labute approximate surface area is 234 Å². The van der Waals surface area contributed by atoms with Gasteiger partial charge in [-0.3, -0.25) is 19.4 Å². The number of hydrogen-bond donors (Lipinski definition) is 2. The lowest BCUT2D eigenvalue weighted by Crippen LogP contribution is -2.63. The number of benzene rings is 2. The van der Waals surface area contributed by atoms with Crippen LogP contribution in [0.3, 0.4) is 0 Å². The van der Waals surface area contributed by atoms with E-state index in [0.717, 1.165) is 11.1 Å². The number of ether oxygens (including phenoxy) is 2. The van der Waals surface area contributed by atoms with Gasteiger partial charge in [0.15, 0.2) is 0 Å². The molecule has 4 amide bonds. The number of alkyl carbamates (subject to hydrolysis) is 1. The first kappa shape index (κ1) is 28.7. The molecular weight excluding hydrogens is 512 g/mol. The fourth-order valence-electron chi connectivity index (χ4n) is 4.58. The van der Waals surface area contributed by atoms with Gasteiger partial charge < -0.3 is 20.1 Å².